The van der Waals surface area contributed by atoms with E-state index in [4.69, 9.17) is 0 Å². The van der Waals surface area contributed by atoms with E-state index in [1.54, 1.807) is 30.6 Å². The predicted octanol–water partition coefficient (Wildman–Crippen LogP) is 2.34. The summed E-state index contributed by atoms with van der Waals surface area (Å²) < 4.78 is 15.2. The molecule has 2 aliphatic rings. The number of piperidine rings is 1. The molecule has 1 aliphatic carbocycles. The van der Waals surface area contributed by atoms with Crippen LogP contribution in [0.5, 0.6) is 0 Å². The van der Waals surface area contributed by atoms with Gasteiger partial charge in [0.15, 0.2) is 0 Å². The van der Waals surface area contributed by atoms with Crippen LogP contribution in [0.1, 0.15) is 19.3 Å². The van der Waals surface area contributed by atoms with E-state index in [0.717, 1.165) is 32.4 Å². The van der Waals surface area contributed by atoms with Crippen molar-refractivity contribution in [2.45, 2.75) is 19.3 Å². The maximum atomic E-state index is 13.8. The van der Waals surface area contributed by atoms with Gasteiger partial charge in [0.25, 0.3) is 0 Å². The third-order valence-corrected chi connectivity index (χ3v) is 5.05. The Morgan fingerprint density at radius 3 is 2.91 bits per heavy atom. The second-order valence-corrected chi connectivity index (χ2v) is 6.48. The lowest BCUT2D eigenvalue weighted by Gasteiger charge is -2.23. The van der Waals surface area contributed by atoms with Crippen molar-refractivity contribution in [2.75, 3.05) is 18.4 Å². The summed E-state index contributed by atoms with van der Waals surface area (Å²) in [5.41, 5.74) is 1.18. The normalized spacial score (nSPS) is 22.0. The summed E-state index contributed by atoms with van der Waals surface area (Å²) in [7, 11) is 0. The molecule has 1 aromatic carbocycles. The Morgan fingerprint density at radius 1 is 1.35 bits per heavy atom. The Kier molecular flexibility index (Phi) is 3.41. The molecule has 1 aromatic heterocycles. The third-order valence-electron chi connectivity index (χ3n) is 5.05. The number of para-hydroxylation sites is 1. The van der Waals surface area contributed by atoms with Gasteiger partial charge in [-0.3, -0.25) is 4.79 Å². The van der Waals surface area contributed by atoms with E-state index in [-0.39, 0.29) is 23.1 Å². The quantitative estimate of drug-likeness (QED) is 0.914. The molecule has 2 fully saturated rings. The summed E-state index contributed by atoms with van der Waals surface area (Å²) in [4.78, 5) is 12.4. The number of anilines is 1. The van der Waals surface area contributed by atoms with Crippen molar-refractivity contribution >= 4 is 11.6 Å². The molecular weight excluding hydrogens is 295 g/mol. The van der Waals surface area contributed by atoms with E-state index in [9.17, 15) is 9.18 Å². The van der Waals surface area contributed by atoms with Gasteiger partial charge in [-0.1, -0.05) is 12.1 Å². The first-order valence-electron chi connectivity index (χ1n) is 7.99. The van der Waals surface area contributed by atoms with Crippen LogP contribution < -0.4 is 10.6 Å². The maximum absolute atomic E-state index is 13.8. The average molecular weight is 314 g/mol. The Balaban J connectivity index is 1.44. The number of aromatic nitrogens is 2. The summed E-state index contributed by atoms with van der Waals surface area (Å²) >= 11 is 0. The second kappa shape index (κ2) is 5.45. The van der Waals surface area contributed by atoms with Crippen molar-refractivity contribution in [3.8, 4) is 5.69 Å². The van der Waals surface area contributed by atoms with Crippen molar-refractivity contribution in [1.82, 2.24) is 15.1 Å². The molecule has 1 spiro atoms. The van der Waals surface area contributed by atoms with Crippen LogP contribution in [0.2, 0.25) is 0 Å². The lowest BCUT2D eigenvalue weighted by molar-refractivity contribution is -0.118. The molecular formula is C17H19FN4O. The molecule has 0 bridgehead atoms. The highest BCUT2D eigenvalue weighted by Gasteiger charge is 2.57. The minimum absolute atomic E-state index is 0.0555. The first kappa shape index (κ1) is 14.4. The largest absolute Gasteiger partial charge is 0.323 e. The first-order valence-corrected chi connectivity index (χ1v) is 7.99. The van der Waals surface area contributed by atoms with Crippen LogP contribution in [0.15, 0.2) is 36.7 Å². The molecule has 1 unspecified atom stereocenters. The predicted molar refractivity (Wildman–Crippen MR) is 84.8 cm³/mol. The summed E-state index contributed by atoms with van der Waals surface area (Å²) in [6, 6.07) is 6.43. The fourth-order valence-corrected chi connectivity index (χ4v) is 3.58. The van der Waals surface area contributed by atoms with Crippen LogP contribution in [0.25, 0.3) is 5.69 Å². The summed E-state index contributed by atoms with van der Waals surface area (Å²) in [5.74, 6) is -0.189. The molecule has 1 atom stereocenters. The zero-order valence-electron chi connectivity index (χ0n) is 12.8. The molecule has 2 heterocycles. The number of nitrogens with one attached hydrogen (secondary N) is 2. The minimum Gasteiger partial charge on any atom is -0.323 e. The average Bonchev–Trinajstić information content (AvgIpc) is 3.04. The number of benzene rings is 1. The number of carbonyl (C=O) groups is 1. The van der Waals surface area contributed by atoms with Gasteiger partial charge >= 0.3 is 0 Å². The lowest BCUT2D eigenvalue weighted by atomic mass is 9.92. The van der Waals surface area contributed by atoms with Gasteiger partial charge in [-0.2, -0.15) is 5.10 Å². The van der Waals surface area contributed by atoms with Gasteiger partial charge in [-0.15, -0.1) is 0 Å². The standard InChI is InChI=1S/C17H19FN4O/c18-14-3-1-2-4-15(14)22-11-12(10-20-22)21-16(23)13-9-17(13)5-7-19-8-6-17/h1-4,10-11,13,19H,5-9H2,(H,21,23). The molecule has 5 nitrogen and oxygen atoms in total. The van der Waals surface area contributed by atoms with Gasteiger partial charge in [0, 0.05) is 5.92 Å². The molecule has 0 radical (unpaired) electrons. The topological polar surface area (TPSA) is 59.0 Å². The van der Waals surface area contributed by atoms with Crippen LogP contribution in [-0.4, -0.2) is 28.8 Å². The van der Waals surface area contributed by atoms with E-state index in [1.807, 2.05) is 0 Å². The van der Waals surface area contributed by atoms with Crippen molar-refractivity contribution in [1.29, 1.82) is 0 Å². The third kappa shape index (κ3) is 2.63. The molecule has 1 saturated heterocycles. The highest BCUT2D eigenvalue weighted by molar-refractivity contribution is 5.94. The van der Waals surface area contributed by atoms with Gasteiger partial charge in [-0.25, -0.2) is 9.07 Å². The fraction of sp³-hybridized carbons (Fsp3) is 0.412. The summed E-state index contributed by atoms with van der Waals surface area (Å²) in [5, 5.41) is 10.4. The molecule has 1 aliphatic heterocycles. The molecule has 6 heteroatoms. The van der Waals surface area contributed by atoms with E-state index < -0.39 is 0 Å². The molecule has 1 saturated carbocycles. The second-order valence-electron chi connectivity index (χ2n) is 6.48. The van der Waals surface area contributed by atoms with Crippen LogP contribution in [-0.2, 0) is 4.79 Å². The van der Waals surface area contributed by atoms with Crippen LogP contribution in [0.3, 0.4) is 0 Å². The molecule has 120 valence electrons. The maximum Gasteiger partial charge on any atom is 0.228 e. The molecule has 4 rings (SSSR count). The number of carbonyl (C=O) groups excluding carboxylic acids is 1. The van der Waals surface area contributed by atoms with Gasteiger partial charge in [0.2, 0.25) is 5.91 Å². The first-order chi connectivity index (χ1) is 11.2. The highest BCUT2D eigenvalue weighted by atomic mass is 19.1. The molecule has 2 aromatic rings. The van der Waals surface area contributed by atoms with Gasteiger partial charge in [0.05, 0.1) is 18.1 Å². The Labute approximate surface area is 133 Å². The molecule has 23 heavy (non-hydrogen) atoms. The van der Waals surface area contributed by atoms with Crippen molar-refractivity contribution in [3.05, 3.63) is 42.5 Å². The Hall–Kier alpha value is -2.21. The van der Waals surface area contributed by atoms with E-state index in [0.29, 0.717) is 11.4 Å². The molecule has 1 amide bonds. The van der Waals surface area contributed by atoms with Crippen molar-refractivity contribution in [3.63, 3.8) is 0 Å². The summed E-state index contributed by atoms with van der Waals surface area (Å²) in [6.07, 6.45) is 6.32. The number of amides is 1. The zero-order valence-corrected chi connectivity index (χ0v) is 12.8. The van der Waals surface area contributed by atoms with Crippen molar-refractivity contribution in [2.24, 2.45) is 11.3 Å². The number of hydrogen-bond acceptors (Lipinski definition) is 3. The van der Waals surface area contributed by atoms with Crippen LogP contribution >= 0.6 is 0 Å². The number of halogens is 1. The van der Waals surface area contributed by atoms with Crippen LogP contribution in [0, 0.1) is 17.2 Å². The lowest BCUT2D eigenvalue weighted by Crippen LogP contribution is -2.31. The Morgan fingerprint density at radius 2 is 2.13 bits per heavy atom. The smallest absolute Gasteiger partial charge is 0.228 e. The SMILES string of the molecule is O=C(Nc1cnn(-c2ccccc2F)c1)C1CC12CCNCC2. The van der Waals surface area contributed by atoms with Gasteiger partial charge < -0.3 is 10.6 Å². The monoisotopic (exact) mass is 314 g/mol. The number of nitrogens with zero attached hydrogens (tertiary/aromatic N) is 2. The van der Waals surface area contributed by atoms with Crippen molar-refractivity contribution < 1.29 is 9.18 Å². The number of rotatable bonds is 3. The van der Waals surface area contributed by atoms with E-state index in [2.05, 4.69) is 15.7 Å². The minimum atomic E-state index is -0.343. The number of hydrogen-bond donors (Lipinski definition) is 2. The van der Waals surface area contributed by atoms with E-state index >= 15 is 0 Å². The molecule has 2 N–H and O–H groups in total. The van der Waals surface area contributed by atoms with Gasteiger partial charge in [-0.05, 0) is 49.9 Å². The van der Waals surface area contributed by atoms with E-state index in [1.165, 1.54) is 10.7 Å². The van der Waals surface area contributed by atoms with Crippen LogP contribution in [0.4, 0.5) is 10.1 Å². The summed E-state index contributed by atoms with van der Waals surface area (Å²) in [6.45, 7) is 1.99. The fourth-order valence-electron chi connectivity index (χ4n) is 3.58. The zero-order chi connectivity index (χ0) is 15.9. The van der Waals surface area contributed by atoms with Gasteiger partial charge in [0.1, 0.15) is 11.5 Å². The Bertz CT molecular complexity index is 736. The highest BCUT2D eigenvalue weighted by Crippen LogP contribution is 2.58.